The third kappa shape index (κ3) is 6.61. The quantitative estimate of drug-likeness (QED) is 0.484. The van der Waals surface area contributed by atoms with Gasteiger partial charge in [-0.25, -0.2) is 9.10 Å². The van der Waals surface area contributed by atoms with Gasteiger partial charge in [0.25, 0.3) is 0 Å². The highest BCUT2D eigenvalue weighted by molar-refractivity contribution is 7.82. The predicted molar refractivity (Wildman–Crippen MR) is 127 cm³/mol. The number of carbonyl (C=O) groups is 3. The third-order valence-electron chi connectivity index (χ3n) is 4.69. The van der Waals surface area contributed by atoms with E-state index < -0.39 is 6.03 Å². The molecule has 0 atom stereocenters. The van der Waals surface area contributed by atoms with E-state index in [1.807, 2.05) is 0 Å². The van der Waals surface area contributed by atoms with Crippen LogP contribution in [0.1, 0.15) is 19.8 Å². The number of anilines is 4. The smallest absolute Gasteiger partial charge is 0.326 e. The second-order valence-electron chi connectivity index (χ2n) is 7.20. The summed E-state index contributed by atoms with van der Waals surface area (Å²) in [7, 11) is 0. The number of hydrogen-bond donors (Lipinski definition) is 4. The van der Waals surface area contributed by atoms with E-state index in [9.17, 15) is 14.4 Å². The van der Waals surface area contributed by atoms with Crippen molar-refractivity contribution in [3.63, 3.8) is 0 Å². The summed E-state index contributed by atoms with van der Waals surface area (Å²) in [5, 5.41) is 8.47. The molecule has 10 heteroatoms. The molecule has 2 aromatic carbocycles. The summed E-state index contributed by atoms with van der Waals surface area (Å²) >= 11 is 10.6. The van der Waals surface area contributed by atoms with Gasteiger partial charge in [-0.3, -0.25) is 14.5 Å². The maximum atomic E-state index is 12.5. The molecule has 0 aliphatic carbocycles. The number of thiol groups is 1. The van der Waals surface area contributed by atoms with E-state index >= 15 is 0 Å². The molecule has 3 rings (SSSR count). The van der Waals surface area contributed by atoms with Gasteiger partial charge in [0.1, 0.15) is 0 Å². The van der Waals surface area contributed by atoms with Crippen molar-refractivity contribution >= 4 is 65.0 Å². The second kappa shape index (κ2) is 10.5. The van der Waals surface area contributed by atoms with Crippen molar-refractivity contribution in [1.29, 1.82) is 0 Å². The molecule has 8 nitrogen and oxygen atoms in total. The normalized spacial score (nSPS) is 13.5. The molecule has 0 bridgehead atoms. The van der Waals surface area contributed by atoms with Gasteiger partial charge >= 0.3 is 6.03 Å². The molecule has 0 unspecified atom stereocenters. The Morgan fingerprint density at radius 3 is 2.19 bits per heavy atom. The zero-order valence-corrected chi connectivity index (χ0v) is 18.7. The van der Waals surface area contributed by atoms with E-state index in [2.05, 4.69) is 33.7 Å². The van der Waals surface area contributed by atoms with Crippen LogP contribution in [0, 0.1) is 0 Å². The molecule has 164 valence electrons. The Bertz CT molecular complexity index is 964. The van der Waals surface area contributed by atoms with Crippen molar-refractivity contribution in [2.45, 2.75) is 19.8 Å². The lowest BCUT2D eigenvalue weighted by Gasteiger charge is -2.18. The molecule has 31 heavy (non-hydrogen) atoms. The summed E-state index contributed by atoms with van der Waals surface area (Å²) in [5.41, 5.74) is 2.08. The van der Waals surface area contributed by atoms with Crippen LogP contribution in [0.2, 0.25) is 5.02 Å². The molecule has 0 radical (unpaired) electrons. The largest absolute Gasteiger partial charge is 0.336 e. The fraction of sp³-hybridized carbons (Fsp3) is 0.286. The third-order valence-corrected chi connectivity index (χ3v) is 5.41. The summed E-state index contributed by atoms with van der Waals surface area (Å²) in [6.45, 7) is 3.61. The van der Waals surface area contributed by atoms with E-state index in [1.54, 1.807) is 42.5 Å². The number of halogens is 1. The summed E-state index contributed by atoms with van der Waals surface area (Å²) in [4.78, 5) is 37.9. The Labute approximate surface area is 191 Å². The molecule has 4 amide bonds. The maximum Gasteiger partial charge on any atom is 0.336 e. The van der Waals surface area contributed by atoms with Gasteiger partial charge in [0.05, 0.1) is 22.9 Å². The first kappa shape index (κ1) is 22.9. The Morgan fingerprint density at radius 1 is 1.00 bits per heavy atom. The number of nitrogens with zero attached hydrogens (tertiary/aromatic N) is 2. The van der Waals surface area contributed by atoms with Crippen LogP contribution >= 0.6 is 24.4 Å². The maximum absolute atomic E-state index is 12.5. The number of benzene rings is 2. The van der Waals surface area contributed by atoms with Crippen LogP contribution in [0.4, 0.5) is 27.5 Å². The molecule has 1 fully saturated rings. The highest BCUT2D eigenvalue weighted by atomic mass is 35.5. The van der Waals surface area contributed by atoms with Crippen LogP contribution < -0.4 is 20.3 Å². The average Bonchev–Trinajstić information content (AvgIpc) is 3.23. The second-order valence-corrected chi connectivity index (χ2v) is 8.00. The standard InChI is InChI=1S/C21H24ClN5O3S/c1-14(28)23-15-4-6-16(7-5-15)24-21(30)27(31)17-8-9-19(18(22)12-17)25-20(29)13-26-10-2-3-11-26/h4-9,12,31H,2-3,10-11,13H2,1H3,(H,23,28)(H,24,30)(H,25,29). The fourth-order valence-electron chi connectivity index (χ4n) is 3.20. The molecule has 2 aromatic rings. The van der Waals surface area contributed by atoms with Gasteiger partial charge in [0.2, 0.25) is 11.8 Å². The molecule has 0 spiro atoms. The molecule has 1 aliphatic heterocycles. The van der Waals surface area contributed by atoms with Crippen molar-refractivity contribution in [2.75, 3.05) is 39.9 Å². The lowest BCUT2D eigenvalue weighted by Crippen LogP contribution is -2.31. The van der Waals surface area contributed by atoms with E-state index in [0.717, 1.165) is 30.2 Å². The molecular weight excluding hydrogens is 438 g/mol. The Kier molecular flexibility index (Phi) is 7.78. The van der Waals surface area contributed by atoms with E-state index in [4.69, 9.17) is 11.6 Å². The Hall–Kier alpha value is -2.75. The van der Waals surface area contributed by atoms with Crippen LogP contribution in [-0.4, -0.2) is 42.4 Å². The van der Waals surface area contributed by atoms with Gasteiger partial charge in [0, 0.05) is 18.3 Å². The molecule has 1 heterocycles. The summed E-state index contributed by atoms with van der Waals surface area (Å²) < 4.78 is 1.11. The molecular formula is C21H24ClN5O3S. The first-order valence-electron chi connectivity index (χ1n) is 9.81. The lowest BCUT2D eigenvalue weighted by atomic mass is 10.2. The number of likely N-dealkylation sites (tertiary alicyclic amines) is 1. The molecule has 1 saturated heterocycles. The average molecular weight is 462 g/mol. The number of hydrogen-bond acceptors (Lipinski definition) is 5. The van der Waals surface area contributed by atoms with Gasteiger partial charge in [-0.15, -0.1) is 0 Å². The first-order chi connectivity index (χ1) is 14.8. The number of nitrogens with one attached hydrogen (secondary N) is 3. The summed E-state index contributed by atoms with van der Waals surface area (Å²) in [6, 6.07) is 11.0. The first-order valence-corrected chi connectivity index (χ1v) is 10.6. The van der Waals surface area contributed by atoms with Crippen LogP contribution in [0.5, 0.6) is 0 Å². The van der Waals surface area contributed by atoms with Crippen molar-refractivity contribution in [3.8, 4) is 0 Å². The van der Waals surface area contributed by atoms with E-state index in [1.165, 1.54) is 6.92 Å². The van der Waals surface area contributed by atoms with Crippen LogP contribution in [0.3, 0.4) is 0 Å². The van der Waals surface area contributed by atoms with Crippen LogP contribution in [-0.2, 0) is 9.59 Å². The SMILES string of the molecule is CC(=O)Nc1ccc(NC(=O)N(S)c2ccc(NC(=O)CN3CCCC3)c(Cl)c2)cc1. The fourth-order valence-corrected chi connectivity index (χ4v) is 3.60. The molecule has 0 saturated carbocycles. The topological polar surface area (TPSA) is 93.8 Å². The monoisotopic (exact) mass is 461 g/mol. The zero-order valence-electron chi connectivity index (χ0n) is 17.0. The lowest BCUT2D eigenvalue weighted by molar-refractivity contribution is -0.117. The van der Waals surface area contributed by atoms with Gasteiger partial charge in [-0.2, -0.15) is 0 Å². The highest BCUT2D eigenvalue weighted by Gasteiger charge is 2.17. The summed E-state index contributed by atoms with van der Waals surface area (Å²) in [5.74, 6) is -0.300. The Morgan fingerprint density at radius 2 is 1.61 bits per heavy atom. The number of rotatable bonds is 6. The number of urea groups is 1. The highest BCUT2D eigenvalue weighted by Crippen LogP contribution is 2.29. The Balaban J connectivity index is 1.58. The summed E-state index contributed by atoms with van der Waals surface area (Å²) in [6.07, 6.45) is 2.23. The van der Waals surface area contributed by atoms with Gasteiger partial charge < -0.3 is 16.0 Å². The zero-order chi connectivity index (χ0) is 22.4. The number of carbonyl (C=O) groups excluding carboxylic acids is 3. The van der Waals surface area contributed by atoms with Crippen LogP contribution in [0.25, 0.3) is 0 Å². The molecule has 0 aromatic heterocycles. The molecule has 1 aliphatic rings. The van der Waals surface area contributed by atoms with E-state index in [-0.39, 0.29) is 11.8 Å². The minimum Gasteiger partial charge on any atom is -0.326 e. The van der Waals surface area contributed by atoms with Crippen molar-refractivity contribution in [1.82, 2.24) is 4.90 Å². The van der Waals surface area contributed by atoms with Gasteiger partial charge in [-0.05, 0) is 68.4 Å². The van der Waals surface area contributed by atoms with Crippen molar-refractivity contribution < 1.29 is 14.4 Å². The van der Waals surface area contributed by atoms with E-state index in [0.29, 0.717) is 34.3 Å². The van der Waals surface area contributed by atoms with Crippen LogP contribution in [0.15, 0.2) is 42.5 Å². The van der Waals surface area contributed by atoms with Crippen molar-refractivity contribution in [3.05, 3.63) is 47.5 Å². The van der Waals surface area contributed by atoms with Gasteiger partial charge in [-0.1, -0.05) is 24.4 Å². The van der Waals surface area contributed by atoms with Crippen molar-refractivity contribution in [2.24, 2.45) is 0 Å². The predicted octanol–water partition coefficient (Wildman–Crippen LogP) is 4.22. The van der Waals surface area contributed by atoms with Gasteiger partial charge in [0.15, 0.2) is 0 Å². The minimum absolute atomic E-state index is 0.125. The molecule has 3 N–H and O–H groups in total. The minimum atomic E-state index is -0.488. The number of amides is 4.